The van der Waals surface area contributed by atoms with Crippen LogP contribution in [0.4, 0.5) is 0 Å². The number of nitrogens with zero attached hydrogens (tertiary/aromatic N) is 2. The van der Waals surface area contributed by atoms with Gasteiger partial charge in [-0.3, -0.25) is 9.59 Å². The molecule has 2 saturated heterocycles. The summed E-state index contributed by atoms with van der Waals surface area (Å²) < 4.78 is 24.6. The van der Waals surface area contributed by atoms with Gasteiger partial charge < -0.3 is 10.2 Å². The average molecular weight is 412 g/mol. The van der Waals surface area contributed by atoms with Crippen LogP contribution in [0.15, 0.2) is 30.3 Å². The van der Waals surface area contributed by atoms with Gasteiger partial charge in [-0.15, -0.1) is 11.8 Å². The molecule has 9 heteroatoms. The van der Waals surface area contributed by atoms with Gasteiger partial charge >= 0.3 is 0 Å². The van der Waals surface area contributed by atoms with Gasteiger partial charge in [-0.2, -0.15) is 0 Å². The summed E-state index contributed by atoms with van der Waals surface area (Å²) >= 11 is 1.58. The highest BCUT2D eigenvalue weighted by molar-refractivity contribution is 7.99. The lowest BCUT2D eigenvalue weighted by Gasteiger charge is -2.31. The number of carbonyl (C=O) groups is 2. The van der Waals surface area contributed by atoms with E-state index in [9.17, 15) is 18.0 Å². The van der Waals surface area contributed by atoms with Gasteiger partial charge in [0.25, 0.3) is 5.91 Å². The highest BCUT2D eigenvalue weighted by atomic mass is 32.2. The van der Waals surface area contributed by atoms with E-state index in [1.807, 2.05) is 18.2 Å². The summed E-state index contributed by atoms with van der Waals surface area (Å²) in [5.74, 6) is 1.12. The number of thioether (sulfide) groups is 1. The Morgan fingerprint density at radius 3 is 2.48 bits per heavy atom. The smallest absolute Gasteiger partial charge is 0.255 e. The second-order valence-electron chi connectivity index (χ2n) is 7.01. The van der Waals surface area contributed by atoms with Crippen LogP contribution in [0.3, 0.4) is 0 Å². The van der Waals surface area contributed by atoms with Crippen molar-refractivity contribution in [1.29, 1.82) is 0 Å². The van der Waals surface area contributed by atoms with Crippen molar-refractivity contribution in [3.05, 3.63) is 35.9 Å². The zero-order chi connectivity index (χ0) is 19.4. The molecule has 0 aromatic heterocycles. The van der Waals surface area contributed by atoms with Crippen LogP contribution in [0, 0.1) is 5.92 Å². The normalized spacial score (nSPS) is 22.0. The van der Waals surface area contributed by atoms with Crippen LogP contribution >= 0.6 is 11.8 Å². The third kappa shape index (κ3) is 5.03. The Hall–Kier alpha value is -1.58. The Morgan fingerprint density at radius 2 is 1.85 bits per heavy atom. The van der Waals surface area contributed by atoms with Crippen LogP contribution in [-0.4, -0.2) is 73.0 Å². The topological polar surface area (TPSA) is 86.8 Å². The largest absolute Gasteiger partial charge is 0.354 e. The zero-order valence-electron chi connectivity index (χ0n) is 15.3. The fraction of sp³-hybridized carbons (Fsp3) is 0.556. The van der Waals surface area contributed by atoms with E-state index in [-0.39, 0.29) is 17.7 Å². The molecule has 27 heavy (non-hydrogen) atoms. The van der Waals surface area contributed by atoms with Crippen LogP contribution < -0.4 is 5.32 Å². The molecule has 1 atom stereocenters. The van der Waals surface area contributed by atoms with Crippen molar-refractivity contribution in [3.8, 4) is 0 Å². The Balaban J connectivity index is 1.51. The molecule has 0 spiro atoms. The summed E-state index contributed by atoms with van der Waals surface area (Å²) in [4.78, 5) is 26.9. The highest BCUT2D eigenvalue weighted by Crippen LogP contribution is 2.24. The first-order valence-electron chi connectivity index (χ1n) is 9.03. The quantitative estimate of drug-likeness (QED) is 0.781. The van der Waals surface area contributed by atoms with Crippen molar-refractivity contribution in [2.24, 2.45) is 5.92 Å². The van der Waals surface area contributed by atoms with E-state index in [0.29, 0.717) is 36.8 Å². The average Bonchev–Trinajstić information content (AvgIpc) is 3.16. The summed E-state index contributed by atoms with van der Waals surface area (Å²) in [5, 5.41) is 2.97. The monoisotopic (exact) mass is 411 g/mol. The summed E-state index contributed by atoms with van der Waals surface area (Å²) in [6.07, 6.45) is 2.70. The maximum absolute atomic E-state index is 12.7. The van der Waals surface area contributed by atoms with Gasteiger partial charge in [0.2, 0.25) is 15.9 Å². The third-order valence-electron chi connectivity index (χ3n) is 5.07. The SMILES string of the molecule is CS(=O)(=O)N1CCC(CNC(=O)[C@@H]2CSCN2C(=O)c2ccccc2)CC1. The van der Waals surface area contributed by atoms with E-state index in [0.717, 1.165) is 12.8 Å². The molecule has 1 aromatic rings. The molecular weight excluding hydrogens is 386 g/mol. The predicted octanol–water partition coefficient (Wildman–Crippen LogP) is 0.990. The van der Waals surface area contributed by atoms with E-state index < -0.39 is 16.1 Å². The van der Waals surface area contributed by atoms with Gasteiger partial charge in [-0.1, -0.05) is 18.2 Å². The maximum Gasteiger partial charge on any atom is 0.255 e. The van der Waals surface area contributed by atoms with E-state index in [2.05, 4.69) is 5.32 Å². The molecule has 148 valence electrons. The number of piperidine rings is 1. The summed E-state index contributed by atoms with van der Waals surface area (Å²) in [7, 11) is -3.14. The fourth-order valence-electron chi connectivity index (χ4n) is 3.41. The first kappa shape index (κ1) is 20.2. The Morgan fingerprint density at radius 1 is 1.19 bits per heavy atom. The van der Waals surface area contributed by atoms with Crippen LogP contribution in [0.1, 0.15) is 23.2 Å². The minimum absolute atomic E-state index is 0.123. The molecule has 0 unspecified atom stereocenters. The van der Waals surface area contributed by atoms with Gasteiger partial charge in [0.15, 0.2) is 0 Å². The standard InChI is InChI=1S/C18H25N3O4S2/c1-27(24,25)20-9-7-14(8-10-20)11-19-17(22)16-12-26-13-21(16)18(23)15-5-3-2-4-6-15/h2-6,14,16H,7-13H2,1H3,(H,19,22)/t16-/m0/s1. The summed E-state index contributed by atoms with van der Waals surface area (Å²) in [6.45, 7) is 1.51. The molecule has 2 amide bonds. The van der Waals surface area contributed by atoms with Gasteiger partial charge in [-0.25, -0.2) is 12.7 Å². The molecule has 0 bridgehead atoms. The predicted molar refractivity (Wildman–Crippen MR) is 106 cm³/mol. The van der Waals surface area contributed by atoms with Gasteiger partial charge in [0, 0.05) is 31.0 Å². The number of sulfonamides is 1. The van der Waals surface area contributed by atoms with Crippen molar-refractivity contribution < 1.29 is 18.0 Å². The van der Waals surface area contributed by atoms with Crippen molar-refractivity contribution >= 4 is 33.6 Å². The minimum atomic E-state index is -3.14. The lowest BCUT2D eigenvalue weighted by atomic mass is 9.98. The van der Waals surface area contributed by atoms with E-state index in [4.69, 9.17) is 0 Å². The van der Waals surface area contributed by atoms with E-state index >= 15 is 0 Å². The third-order valence-corrected chi connectivity index (χ3v) is 7.39. The number of hydrogen-bond acceptors (Lipinski definition) is 5. The number of nitrogens with one attached hydrogen (secondary N) is 1. The van der Waals surface area contributed by atoms with E-state index in [1.54, 1.807) is 28.8 Å². The molecule has 2 aliphatic heterocycles. The Kier molecular flexibility index (Phi) is 6.44. The molecule has 1 N–H and O–H groups in total. The first-order chi connectivity index (χ1) is 12.9. The Labute approximate surface area is 164 Å². The van der Waals surface area contributed by atoms with Crippen LogP contribution in [-0.2, 0) is 14.8 Å². The number of benzene rings is 1. The molecule has 0 saturated carbocycles. The molecule has 1 aromatic carbocycles. The first-order valence-corrected chi connectivity index (χ1v) is 12.0. The zero-order valence-corrected chi connectivity index (χ0v) is 17.0. The van der Waals surface area contributed by atoms with Crippen LogP contribution in [0.5, 0.6) is 0 Å². The number of carbonyl (C=O) groups excluding carboxylic acids is 2. The number of amides is 2. The molecule has 2 aliphatic rings. The summed E-state index contributed by atoms with van der Waals surface area (Å²) in [5.41, 5.74) is 0.589. The van der Waals surface area contributed by atoms with Gasteiger partial charge in [0.05, 0.1) is 12.1 Å². The molecule has 7 nitrogen and oxygen atoms in total. The number of hydrogen-bond donors (Lipinski definition) is 1. The lowest BCUT2D eigenvalue weighted by molar-refractivity contribution is -0.124. The fourth-order valence-corrected chi connectivity index (χ4v) is 5.44. The molecule has 3 rings (SSSR count). The van der Waals surface area contributed by atoms with Crippen molar-refractivity contribution in [3.63, 3.8) is 0 Å². The van der Waals surface area contributed by atoms with Gasteiger partial charge in [-0.05, 0) is 30.9 Å². The molecule has 0 radical (unpaired) electrons. The Bertz CT molecular complexity index is 777. The second kappa shape index (κ2) is 8.62. The molecule has 0 aliphatic carbocycles. The maximum atomic E-state index is 12.7. The van der Waals surface area contributed by atoms with E-state index in [1.165, 1.54) is 10.6 Å². The minimum Gasteiger partial charge on any atom is -0.354 e. The second-order valence-corrected chi connectivity index (χ2v) is 9.99. The van der Waals surface area contributed by atoms with Crippen molar-refractivity contribution in [2.75, 3.05) is 37.5 Å². The number of rotatable bonds is 5. The van der Waals surface area contributed by atoms with Gasteiger partial charge in [0.1, 0.15) is 6.04 Å². The summed E-state index contributed by atoms with van der Waals surface area (Å²) in [6, 6.07) is 8.54. The van der Waals surface area contributed by atoms with Crippen LogP contribution in [0.25, 0.3) is 0 Å². The molecular formula is C18H25N3O4S2. The molecule has 2 fully saturated rings. The highest BCUT2D eigenvalue weighted by Gasteiger charge is 2.35. The lowest BCUT2D eigenvalue weighted by Crippen LogP contribution is -2.49. The van der Waals surface area contributed by atoms with Crippen molar-refractivity contribution in [1.82, 2.24) is 14.5 Å². The van der Waals surface area contributed by atoms with Crippen molar-refractivity contribution in [2.45, 2.75) is 18.9 Å². The van der Waals surface area contributed by atoms with Crippen LogP contribution in [0.2, 0.25) is 0 Å². The molecule has 2 heterocycles.